The van der Waals surface area contributed by atoms with Gasteiger partial charge in [0.25, 0.3) is 5.79 Å². The molecule has 1 aromatic rings. The van der Waals surface area contributed by atoms with E-state index in [1.807, 2.05) is 43.1 Å². The zero-order valence-corrected chi connectivity index (χ0v) is 10.1. The monoisotopic (exact) mass is 223 g/mol. The zero-order valence-electron chi connectivity index (χ0n) is 10.1. The maximum atomic E-state index is 5.85. The summed E-state index contributed by atoms with van der Waals surface area (Å²) in [5, 5.41) is 0. The second-order valence-electron chi connectivity index (χ2n) is 3.99. The number of nitrogens with zero attached hydrogens (tertiary/aromatic N) is 1. The van der Waals surface area contributed by atoms with Crippen molar-refractivity contribution < 1.29 is 14.2 Å². The Morgan fingerprint density at radius 1 is 1.31 bits per heavy atom. The molecule has 2 unspecified atom stereocenters. The van der Waals surface area contributed by atoms with Crippen molar-refractivity contribution in [3.8, 4) is 5.75 Å². The summed E-state index contributed by atoms with van der Waals surface area (Å²) in [4.78, 5) is 2.02. The van der Waals surface area contributed by atoms with Gasteiger partial charge in [-0.25, -0.2) is 0 Å². The summed E-state index contributed by atoms with van der Waals surface area (Å²) in [6.07, 6.45) is -0.271. The first-order valence-electron chi connectivity index (χ1n) is 5.21. The van der Waals surface area contributed by atoms with E-state index < -0.39 is 5.79 Å². The normalized spacial score (nSPS) is 28.5. The standard InChI is InChI=1S/C12H17NO3/c1-12(15-4)11(14-3)13(2)9-7-5-6-8-10(9)16-12/h5-8,11H,1-4H3. The number of anilines is 1. The van der Waals surface area contributed by atoms with Gasteiger partial charge in [-0.3, -0.25) is 0 Å². The van der Waals surface area contributed by atoms with E-state index in [2.05, 4.69) is 0 Å². The largest absolute Gasteiger partial charge is 0.456 e. The Hall–Kier alpha value is -1.26. The van der Waals surface area contributed by atoms with Crippen LogP contribution in [0.2, 0.25) is 0 Å². The molecule has 4 heteroatoms. The van der Waals surface area contributed by atoms with E-state index in [0.29, 0.717) is 0 Å². The molecular weight excluding hydrogens is 206 g/mol. The average molecular weight is 223 g/mol. The highest BCUT2D eigenvalue weighted by atomic mass is 16.7. The molecule has 0 saturated heterocycles. The van der Waals surface area contributed by atoms with Crippen LogP contribution in [-0.4, -0.2) is 33.3 Å². The minimum Gasteiger partial charge on any atom is -0.456 e. The van der Waals surface area contributed by atoms with Gasteiger partial charge in [0, 0.05) is 28.2 Å². The minimum atomic E-state index is -0.794. The van der Waals surface area contributed by atoms with Crippen LogP contribution in [-0.2, 0) is 9.47 Å². The quantitative estimate of drug-likeness (QED) is 0.765. The molecule has 1 heterocycles. The number of rotatable bonds is 2. The highest BCUT2D eigenvalue weighted by molar-refractivity contribution is 5.60. The van der Waals surface area contributed by atoms with Crippen LogP contribution in [0.15, 0.2) is 24.3 Å². The van der Waals surface area contributed by atoms with Crippen LogP contribution in [0.3, 0.4) is 0 Å². The van der Waals surface area contributed by atoms with Crippen LogP contribution >= 0.6 is 0 Å². The van der Waals surface area contributed by atoms with E-state index in [1.54, 1.807) is 14.2 Å². The van der Waals surface area contributed by atoms with Crippen molar-refractivity contribution in [3.63, 3.8) is 0 Å². The van der Waals surface area contributed by atoms with Crippen molar-refractivity contribution in [3.05, 3.63) is 24.3 Å². The van der Waals surface area contributed by atoms with Gasteiger partial charge in [0.2, 0.25) is 0 Å². The van der Waals surface area contributed by atoms with Crippen molar-refractivity contribution in [2.24, 2.45) is 0 Å². The SMILES string of the molecule is COC1N(C)c2ccccc2OC1(C)OC. The van der Waals surface area contributed by atoms with E-state index >= 15 is 0 Å². The molecule has 16 heavy (non-hydrogen) atoms. The molecule has 2 atom stereocenters. The molecule has 1 aromatic carbocycles. The maximum absolute atomic E-state index is 5.85. The number of benzene rings is 1. The number of para-hydroxylation sites is 2. The number of hydrogen-bond donors (Lipinski definition) is 0. The Balaban J connectivity index is 2.45. The number of methoxy groups -OCH3 is 2. The van der Waals surface area contributed by atoms with Crippen molar-refractivity contribution in [2.75, 3.05) is 26.2 Å². The number of likely N-dealkylation sites (N-methyl/N-ethyl adjacent to an activating group) is 1. The Bertz CT molecular complexity index is 382. The topological polar surface area (TPSA) is 30.9 Å². The first-order valence-corrected chi connectivity index (χ1v) is 5.21. The molecule has 0 spiro atoms. The lowest BCUT2D eigenvalue weighted by molar-refractivity contribution is -0.224. The molecule has 0 aromatic heterocycles. The molecule has 0 aliphatic carbocycles. The molecule has 0 fully saturated rings. The van der Waals surface area contributed by atoms with Crippen molar-refractivity contribution in [1.29, 1.82) is 0 Å². The lowest BCUT2D eigenvalue weighted by Gasteiger charge is -2.45. The van der Waals surface area contributed by atoms with Gasteiger partial charge in [-0.1, -0.05) is 12.1 Å². The van der Waals surface area contributed by atoms with Gasteiger partial charge in [0.05, 0.1) is 5.69 Å². The fourth-order valence-electron chi connectivity index (χ4n) is 2.10. The first kappa shape index (κ1) is 11.2. The Labute approximate surface area is 95.7 Å². The Morgan fingerprint density at radius 2 is 2.00 bits per heavy atom. The molecule has 88 valence electrons. The molecule has 0 N–H and O–H groups in total. The fourth-order valence-corrected chi connectivity index (χ4v) is 2.10. The van der Waals surface area contributed by atoms with E-state index in [9.17, 15) is 0 Å². The van der Waals surface area contributed by atoms with Crippen LogP contribution in [0, 0.1) is 0 Å². The molecule has 0 amide bonds. The van der Waals surface area contributed by atoms with Crippen molar-refractivity contribution in [2.45, 2.75) is 18.9 Å². The van der Waals surface area contributed by atoms with E-state index in [4.69, 9.17) is 14.2 Å². The third kappa shape index (κ3) is 1.54. The van der Waals surface area contributed by atoms with Gasteiger partial charge >= 0.3 is 0 Å². The Kier molecular flexibility index (Phi) is 2.78. The molecule has 2 rings (SSSR count). The van der Waals surface area contributed by atoms with Crippen molar-refractivity contribution in [1.82, 2.24) is 0 Å². The van der Waals surface area contributed by atoms with Gasteiger partial charge in [0.15, 0.2) is 6.23 Å². The van der Waals surface area contributed by atoms with Gasteiger partial charge in [-0.15, -0.1) is 0 Å². The molecule has 0 bridgehead atoms. The molecule has 1 aliphatic rings. The average Bonchev–Trinajstić information content (AvgIpc) is 2.29. The predicted octanol–water partition coefficient (Wildman–Crippen LogP) is 1.85. The van der Waals surface area contributed by atoms with Crippen LogP contribution in [0.1, 0.15) is 6.92 Å². The number of fused-ring (bicyclic) bond motifs is 1. The highest BCUT2D eigenvalue weighted by Crippen LogP contribution is 2.39. The second kappa shape index (κ2) is 3.96. The zero-order chi connectivity index (χ0) is 11.8. The third-order valence-corrected chi connectivity index (χ3v) is 2.99. The second-order valence-corrected chi connectivity index (χ2v) is 3.99. The maximum Gasteiger partial charge on any atom is 0.252 e. The minimum absolute atomic E-state index is 0.271. The van der Waals surface area contributed by atoms with Crippen LogP contribution in [0.25, 0.3) is 0 Å². The summed E-state index contributed by atoms with van der Waals surface area (Å²) in [7, 11) is 5.23. The van der Waals surface area contributed by atoms with Crippen LogP contribution < -0.4 is 9.64 Å². The van der Waals surface area contributed by atoms with Gasteiger partial charge < -0.3 is 19.1 Å². The van der Waals surface area contributed by atoms with E-state index in [-0.39, 0.29) is 6.23 Å². The molecular formula is C12H17NO3. The van der Waals surface area contributed by atoms with Crippen molar-refractivity contribution >= 4 is 5.69 Å². The molecule has 1 aliphatic heterocycles. The van der Waals surface area contributed by atoms with Gasteiger partial charge in [-0.2, -0.15) is 0 Å². The summed E-state index contributed by atoms with van der Waals surface area (Å²) >= 11 is 0. The predicted molar refractivity (Wildman–Crippen MR) is 61.7 cm³/mol. The highest BCUT2D eigenvalue weighted by Gasteiger charge is 2.44. The third-order valence-electron chi connectivity index (χ3n) is 2.99. The summed E-state index contributed by atoms with van der Waals surface area (Å²) < 4.78 is 16.7. The number of hydrogen-bond acceptors (Lipinski definition) is 4. The summed E-state index contributed by atoms with van der Waals surface area (Å²) in [6, 6.07) is 7.84. The fraction of sp³-hybridized carbons (Fsp3) is 0.500. The molecule has 4 nitrogen and oxygen atoms in total. The summed E-state index contributed by atoms with van der Waals surface area (Å²) in [6.45, 7) is 1.87. The Morgan fingerprint density at radius 3 is 2.62 bits per heavy atom. The van der Waals surface area contributed by atoms with Crippen LogP contribution in [0.4, 0.5) is 5.69 Å². The lowest BCUT2D eigenvalue weighted by Crippen LogP contribution is -2.58. The molecule has 0 saturated carbocycles. The summed E-state index contributed by atoms with van der Waals surface area (Å²) in [5.74, 6) is 0.0142. The summed E-state index contributed by atoms with van der Waals surface area (Å²) in [5.41, 5.74) is 1.00. The molecule has 0 radical (unpaired) electrons. The van der Waals surface area contributed by atoms with Gasteiger partial charge in [-0.05, 0) is 12.1 Å². The van der Waals surface area contributed by atoms with E-state index in [0.717, 1.165) is 11.4 Å². The van der Waals surface area contributed by atoms with Crippen LogP contribution in [0.5, 0.6) is 5.75 Å². The smallest absolute Gasteiger partial charge is 0.252 e. The number of ether oxygens (including phenoxy) is 3. The first-order chi connectivity index (χ1) is 7.62. The van der Waals surface area contributed by atoms with E-state index in [1.165, 1.54) is 0 Å². The lowest BCUT2D eigenvalue weighted by atomic mass is 10.1. The van der Waals surface area contributed by atoms with Gasteiger partial charge in [0.1, 0.15) is 5.75 Å².